The van der Waals surface area contributed by atoms with Crippen LogP contribution in [0.3, 0.4) is 0 Å². The molecule has 0 saturated carbocycles. The molecule has 1 N–H and O–H groups in total. The highest BCUT2D eigenvalue weighted by Crippen LogP contribution is 2.33. The van der Waals surface area contributed by atoms with Crippen LogP contribution in [0.5, 0.6) is 0 Å². The molecule has 9 heteroatoms. The van der Waals surface area contributed by atoms with Crippen LogP contribution in [0.4, 0.5) is 0 Å². The molecule has 0 aliphatic carbocycles. The average Bonchev–Trinajstić information content (AvgIpc) is 3.44. The molecule has 1 amide bonds. The smallest absolute Gasteiger partial charge is 0.287 e. The van der Waals surface area contributed by atoms with Crippen molar-refractivity contribution in [1.29, 1.82) is 0 Å². The molecule has 0 saturated heterocycles. The van der Waals surface area contributed by atoms with E-state index in [1.807, 2.05) is 38.1 Å². The number of amides is 1. The van der Waals surface area contributed by atoms with Crippen molar-refractivity contribution in [2.75, 3.05) is 6.54 Å². The number of rotatable bonds is 9. The fourth-order valence-electron chi connectivity index (χ4n) is 3.10. The molecule has 0 spiro atoms. The second-order valence-corrected chi connectivity index (χ2v) is 10.2. The highest BCUT2D eigenvalue weighted by molar-refractivity contribution is 8.00. The minimum atomic E-state index is -0.166. The van der Waals surface area contributed by atoms with Crippen LogP contribution in [0.1, 0.15) is 44.7 Å². The number of benzene rings is 1. The number of furan rings is 1. The molecule has 1 aromatic carbocycles. The number of thiazole rings is 1. The van der Waals surface area contributed by atoms with Gasteiger partial charge in [-0.2, -0.15) is 0 Å². The first kappa shape index (κ1) is 21.0. The highest BCUT2D eigenvalue weighted by atomic mass is 32.2. The van der Waals surface area contributed by atoms with Crippen molar-refractivity contribution in [2.45, 2.75) is 43.2 Å². The van der Waals surface area contributed by atoms with E-state index in [9.17, 15) is 4.79 Å². The quantitative estimate of drug-likeness (QED) is 0.267. The molecule has 0 aliphatic heterocycles. The van der Waals surface area contributed by atoms with Crippen LogP contribution in [-0.2, 0) is 12.2 Å². The van der Waals surface area contributed by atoms with Gasteiger partial charge < -0.3 is 9.73 Å². The lowest BCUT2D eigenvalue weighted by Crippen LogP contribution is -2.25. The second-order valence-electron chi connectivity index (χ2n) is 6.88. The summed E-state index contributed by atoms with van der Waals surface area (Å²) < 4.78 is 6.81. The monoisotopic (exact) mass is 458 g/mol. The topological polar surface area (TPSA) is 80.9 Å². The maximum absolute atomic E-state index is 12.8. The number of aryl methyl sites for hydroxylation is 3. The van der Waals surface area contributed by atoms with E-state index in [2.05, 4.69) is 25.9 Å². The molecule has 4 rings (SSSR count). The zero-order chi connectivity index (χ0) is 20.9. The SMILES string of the molecule is Cc1csc(CCCCNC(=O)c2oc3ccccc3c2CSc2nnc(C)s2)n1. The predicted octanol–water partition coefficient (Wildman–Crippen LogP) is 5.40. The van der Waals surface area contributed by atoms with Crippen LogP contribution in [0, 0.1) is 13.8 Å². The molecule has 0 aliphatic rings. The summed E-state index contributed by atoms with van der Waals surface area (Å²) in [5.74, 6) is 0.832. The first-order valence-electron chi connectivity index (χ1n) is 9.72. The van der Waals surface area contributed by atoms with E-state index in [1.165, 1.54) is 0 Å². The molecule has 3 heterocycles. The maximum Gasteiger partial charge on any atom is 0.287 e. The van der Waals surface area contributed by atoms with Gasteiger partial charge in [0.25, 0.3) is 5.91 Å². The van der Waals surface area contributed by atoms with Gasteiger partial charge in [-0.1, -0.05) is 41.3 Å². The van der Waals surface area contributed by atoms with Crippen LogP contribution in [0.2, 0.25) is 0 Å². The number of carbonyl (C=O) groups excluding carboxylic acids is 1. The average molecular weight is 459 g/mol. The van der Waals surface area contributed by atoms with E-state index in [0.717, 1.165) is 55.8 Å². The zero-order valence-corrected chi connectivity index (χ0v) is 19.3. The summed E-state index contributed by atoms with van der Waals surface area (Å²) in [5, 5.41) is 16.4. The Morgan fingerprint density at radius 1 is 1.20 bits per heavy atom. The Morgan fingerprint density at radius 2 is 2.07 bits per heavy atom. The standard InChI is InChI=1S/C21H22N4O2S3/c1-13-11-28-18(23-13)9-5-6-10-22-20(26)19-16(12-29-21-25-24-14(2)30-21)15-7-3-4-8-17(15)27-19/h3-4,7-8,11H,5-6,9-10,12H2,1-2H3,(H,22,26). The van der Waals surface area contributed by atoms with Crippen molar-refractivity contribution in [3.8, 4) is 0 Å². The number of thioether (sulfide) groups is 1. The number of nitrogens with one attached hydrogen (secondary N) is 1. The highest BCUT2D eigenvalue weighted by Gasteiger charge is 2.20. The fraction of sp³-hybridized carbons (Fsp3) is 0.333. The second kappa shape index (κ2) is 9.72. The maximum atomic E-state index is 12.8. The molecular formula is C21H22N4O2S3. The summed E-state index contributed by atoms with van der Waals surface area (Å²) in [4.78, 5) is 17.3. The third kappa shape index (κ3) is 5.08. The number of carbonyl (C=O) groups is 1. The Bertz CT molecular complexity index is 1150. The number of hydrogen-bond donors (Lipinski definition) is 1. The Morgan fingerprint density at radius 3 is 2.83 bits per heavy atom. The van der Waals surface area contributed by atoms with Crippen molar-refractivity contribution in [1.82, 2.24) is 20.5 Å². The van der Waals surface area contributed by atoms with Gasteiger partial charge in [0.05, 0.1) is 5.01 Å². The summed E-state index contributed by atoms with van der Waals surface area (Å²) >= 11 is 4.83. The third-order valence-corrected chi connectivity index (χ3v) is 7.55. The van der Waals surface area contributed by atoms with Crippen LogP contribution in [0.15, 0.2) is 38.4 Å². The van der Waals surface area contributed by atoms with E-state index < -0.39 is 0 Å². The van der Waals surface area contributed by atoms with Gasteiger partial charge in [0.1, 0.15) is 10.6 Å². The summed E-state index contributed by atoms with van der Waals surface area (Å²) in [5.41, 5.74) is 2.70. The van der Waals surface area contributed by atoms with Crippen molar-refractivity contribution >= 4 is 51.3 Å². The Hall–Kier alpha value is -2.23. The normalized spacial score (nSPS) is 11.3. The number of fused-ring (bicyclic) bond motifs is 1. The Kier molecular flexibility index (Phi) is 6.81. The van der Waals surface area contributed by atoms with E-state index in [1.54, 1.807) is 34.4 Å². The van der Waals surface area contributed by atoms with Crippen LogP contribution >= 0.6 is 34.4 Å². The number of aromatic nitrogens is 3. The molecule has 3 aromatic heterocycles. The molecule has 0 fully saturated rings. The molecule has 30 heavy (non-hydrogen) atoms. The van der Waals surface area contributed by atoms with E-state index in [0.29, 0.717) is 18.1 Å². The summed E-state index contributed by atoms with van der Waals surface area (Å²) in [6.45, 7) is 4.56. The van der Waals surface area contributed by atoms with Gasteiger partial charge in [0.2, 0.25) is 0 Å². The van der Waals surface area contributed by atoms with Gasteiger partial charge in [0, 0.05) is 34.3 Å². The lowest BCUT2D eigenvalue weighted by atomic mass is 10.1. The van der Waals surface area contributed by atoms with Gasteiger partial charge in [-0.05, 0) is 39.2 Å². The van der Waals surface area contributed by atoms with Gasteiger partial charge in [-0.3, -0.25) is 4.79 Å². The molecule has 156 valence electrons. The fourth-order valence-corrected chi connectivity index (χ4v) is 5.76. The van der Waals surface area contributed by atoms with Crippen molar-refractivity contribution in [3.63, 3.8) is 0 Å². The van der Waals surface area contributed by atoms with Crippen LogP contribution < -0.4 is 5.32 Å². The molecule has 0 radical (unpaired) electrons. The van der Waals surface area contributed by atoms with Gasteiger partial charge in [0.15, 0.2) is 10.1 Å². The summed E-state index contributed by atoms with van der Waals surface area (Å²) in [6, 6.07) is 7.76. The number of nitrogens with zero attached hydrogens (tertiary/aromatic N) is 3. The zero-order valence-electron chi connectivity index (χ0n) is 16.8. The lowest BCUT2D eigenvalue weighted by molar-refractivity contribution is 0.0926. The first-order valence-corrected chi connectivity index (χ1v) is 12.4. The molecule has 0 bridgehead atoms. The minimum absolute atomic E-state index is 0.166. The summed E-state index contributed by atoms with van der Waals surface area (Å²) in [6.07, 6.45) is 2.84. The molecule has 4 aromatic rings. The Labute approximate surface area is 187 Å². The Balaban J connectivity index is 1.38. The van der Waals surface area contributed by atoms with Gasteiger partial charge in [-0.15, -0.1) is 21.5 Å². The number of hydrogen-bond acceptors (Lipinski definition) is 8. The van der Waals surface area contributed by atoms with E-state index in [4.69, 9.17) is 4.42 Å². The van der Waals surface area contributed by atoms with Gasteiger partial charge >= 0.3 is 0 Å². The molecular weight excluding hydrogens is 436 g/mol. The van der Waals surface area contributed by atoms with Crippen molar-refractivity contribution < 1.29 is 9.21 Å². The third-order valence-electron chi connectivity index (χ3n) is 4.52. The van der Waals surface area contributed by atoms with Crippen molar-refractivity contribution in [2.24, 2.45) is 0 Å². The summed E-state index contributed by atoms with van der Waals surface area (Å²) in [7, 11) is 0. The van der Waals surface area contributed by atoms with Crippen LogP contribution in [-0.4, -0.2) is 27.6 Å². The lowest BCUT2D eigenvalue weighted by Gasteiger charge is -2.05. The minimum Gasteiger partial charge on any atom is -0.451 e. The molecule has 0 unspecified atom stereocenters. The molecule has 6 nitrogen and oxygen atoms in total. The predicted molar refractivity (Wildman–Crippen MR) is 123 cm³/mol. The first-order chi connectivity index (χ1) is 14.6. The largest absolute Gasteiger partial charge is 0.451 e. The molecule has 0 atom stereocenters. The van der Waals surface area contributed by atoms with E-state index in [-0.39, 0.29) is 5.91 Å². The van der Waals surface area contributed by atoms with Crippen molar-refractivity contribution in [3.05, 3.63) is 56.7 Å². The number of unbranched alkanes of at least 4 members (excludes halogenated alkanes) is 1. The van der Waals surface area contributed by atoms with Crippen LogP contribution in [0.25, 0.3) is 11.0 Å². The number of para-hydroxylation sites is 1. The van der Waals surface area contributed by atoms with E-state index >= 15 is 0 Å². The van der Waals surface area contributed by atoms with Gasteiger partial charge in [-0.25, -0.2) is 4.98 Å².